The predicted octanol–water partition coefficient (Wildman–Crippen LogP) is 0.416. The summed E-state index contributed by atoms with van der Waals surface area (Å²) in [4.78, 5) is 20.6. The van der Waals surface area contributed by atoms with E-state index in [1.807, 2.05) is 0 Å². The number of carbonyl (C=O) groups excluding carboxylic acids is 1. The zero-order valence-electron chi connectivity index (χ0n) is 5.53. The van der Waals surface area contributed by atoms with E-state index in [1.54, 1.807) is 24.7 Å². The van der Waals surface area contributed by atoms with Crippen molar-refractivity contribution in [3.05, 3.63) is 24.3 Å². The Hall–Kier alpha value is -1.71. The van der Waals surface area contributed by atoms with Crippen molar-refractivity contribution < 1.29 is 4.79 Å². The molecule has 2 aromatic heterocycles. The average molecular weight is 146 g/mol. The molecule has 4 heteroatoms. The standard InChI is InChI=1S/C7H4N3O/c11-4-7-9-5-1-2-8-3-6(5)10-7/h1-3H,(H,9,10). The molecule has 4 nitrogen and oxygen atoms in total. The van der Waals surface area contributed by atoms with Crippen LogP contribution in [0.25, 0.3) is 11.0 Å². The lowest BCUT2D eigenvalue weighted by Crippen LogP contribution is -1.79. The van der Waals surface area contributed by atoms with Gasteiger partial charge in [0.15, 0.2) is 5.82 Å². The first-order chi connectivity index (χ1) is 5.40. The van der Waals surface area contributed by atoms with Gasteiger partial charge in [0.1, 0.15) is 5.52 Å². The predicted molar refractivity (Wildman–Crippen MR) is 38.7 cm³/mol. The quantitative estimate of drug-likeness (QED) is 0.634. The van der Waals surface area contributed by atoms with Crippen LogP contribution in [0.2, 0.25) is 0 Å². The first kappa shape index (κ1) is 6.03. The van der Waals surface area contributed by atoms with Crippen molar-refractivity contribution in [3.8, 4) is 0 Å². The minimum atomic E-state index is 0.216. The number of nitrogens with one attached hydrogen (secondary N) is 1. The van der Waals surface area contributed by atoms with Crippen LogP contribution in [0.15, 0.2) is 18.5 Å². The van der Waals surface area contributed by atoms with Gasteiger partial charge in [-0.1, -0.05) is 0 Å². The SMILES string of the molecule is O=[C]c1nc2cnccc2[nH]1. The summed E-state index contributed by atoms with van der Waals surface area (Å²) in [7, 11) is 0. The van der Waals surface area contributed by atoms with Crippen LogP contribution in [0.1, 0.15) is 5.82 Å². The molecule has 0 atom stereocenters. The Balaban J connectivity index is 2.78. The molecule has 0 spiro atoms. The Morgan fingerprint density at radius 1 is 1.55 bits per heavy atom. The van der Waals surface area contributed by atoms with Gasteiger partial charge >= 0.3 is 0 Å². The van der Waals surface area contributed by atoms with Crippen molar-refractivity contribution in [1.82, 2.24) is 15.0 Å². The van der Waals surface area contributed by atoms with Gasteiger partial charge in [0.2, 0.25) is 0 Å². The number of aromatic nitrogens is 3. The van der Waals surface area contributed by atoms with Crippen molar-refractivity contribution >= 4 is 17.3 Å². The summed E-state index contributed by atoms with van der Waals surface area (Å²) in [5.41, 5.74) is 1.49. The van der Waals surface area contributed by atoms with Gasteiger partial charge in [-0.25, -0.2) is 4.98 Å². The third-order valence-corrected chi connectivity index (χ3v) is 1.38. The molecule has 0 amide bonds. The van der Waals surface area contributed by atoms with Crippen LogP contribution in [0.4, 0.5) is 0 Å². The molecular formula is C7H4N3O. The molecular weight excluding hydrogens is 142 g/mol. The summed E-state index contributed by atoms with van der Waals surface area (Å²) in [6, 6.07) is 1.75. The molecule has 0 saturated carbocycles. The maximum atomic E-state index is 10.1. The monoisotopic (exact) mass is 146 g/mol. The Bertz CT molecular complexity index is 360. The number of rotatable bonds is 1. The lowest BCUT2D eigenvalue weighted by molar-refractivity contribution is 0.560. The highest BCUT2D eigenvalue weighted by atomic mass is 16.1. The normalized spacial score (nSPS) is 10.2. The molecule has 2 heterocycles. The fourth-order valence-corrected chi connectivity index (χ4v) is 0.905. The molecule has 0 aliphatic rings. The first-order valence-corrected chi connectivity index (χ1v) is 3.08. The average Bonchev–Trinajstić information content (AvgIpc) is 2.46. The fraction of sp³-hybridized carbons (Fsp3) is 0. The second-order valence-corrected chi connectivity index (χ2v) is 2.08. The smallest absolute Gasteiger partial charge is 0.271 e. The largest absolute Gasteiger partial charge is 0.335 e. The molecule has 0 fully saturated rings. The number of aromatic amines is 1. The highest BCUT2D eigenvalue weighted by molar-refractivity contribution is 5.81. The van der Waals surface area contributed by atoms with Crippen molar-refractivity contribution in [2.45, 2.75) is 0 Å². The van der Waals surface area contributed by atoms with Crippen LogP contribution in [-0.4, -0.2) is 21.2 Å². The summed E-state index contributed by atoms with van der Waals surface area (Å²) >= 11 is 0. The molecule has 1 radical (unpaired) electrons. The van der Waals surface area contributed by atoms with Crippen molar-refractivity contribution in [2.75, 3.05) is 0 Å². The lowest BCUT2D eigenvalue weighted by Gasteiger charge is -1.80. The van der Waals surface area contributed by atoms with Gasteiger partial charge in [-0.05, 0) is 6.07 Å². The van der Waals surface area contributed by atoms with Crippen LogP contribution in [0, 0.1) is 0 Å². The van der Waals surface area contributed by atoms with Gasteiger partial charge in [-0.3, -0.25) is 9.78 Å². The number of imidazole rings is 1. The number of H-pyrrole nitrogens is 1. The molecule has 0 aromatic carbocycles. The number of pyridine rings is 1. The van der Waals surface area contributed by atoms with Crippen LogP contribution in [-0.2, 0) is 4.79 Å². The summed E-state index contributed by atoms with van der Waals surface area (Å²) in [6.07, 6.45) is 4.90. The van der Waals surface area contributed by atoms with Crippen LogP contribution < -0.4 is 0 Å². The van der Waals surface area contributed by atoms with Gasteiger partial charge in [-0.15, -0.1) is 0 Å². The molecule has 0 unspecified atom stereocenters. The molecule has 0 aliphatic heterocycles. The maximum Gasteiger partial charge on any atom is 0.271 e. The Morgan fingerprint density at radius 2 is 2.45 bits per heavy atom. The molecule has 2 aromatic rings. The molecule has 0 aliphatic carbocycles. The van der Waals surface area contributed by atoms with Gasteiger partial charge in [0.05, 0.1) is 11.7 Å². The van der Waals surface area contributed by atoms with E-state index in [0.29, 0.717) is 5.52 Å². The van der Waals surface area contributed by atoms with Gasteiger partial charge in [0, 0.05) is 6.20 Å². The van der Waals surface area contributed by atoms with E-state index in [2.05, 4.69) is 15.0 Å². The third-order valence-electron chi connectivity index (χ3n) is 1.38. The summed E-state index contributed by atoms with van der Waals surface area (Å²) in [5.74, 6) is 0.216. The van der Waals surface area contributed by atoms with E-state index in [9.17, 15) is 4.79 Å². The fourth-order valence-electron chi connectivity index (χ4n) is 0.905. The molecule has 1 N–H and O–H groups in total. The molecule has 2 rings (SSSR count). The molecule has 53 valence electrons. The summed E-state index contributed by atoms with van der Waals surface area (Å²) in [6.45, 7) is 0. The second-order valence-electron chi connectivity index (χ2n) is 2.08. The number of hydrogen-bond donors (Lipinski definition) is 1. The highest BCUT2D eigenvalue weighted by Gasteiger charge is 1.99. The van der Waals surface area contributed by atoms with Crippen molar-refractivity contribution in [2.24, 2.45) is 0 Å². The third kappa shape index (κ3) is 0.881. The highest BCUT2D eigenvalue weighted by Crippen LogP contribution is 2.06. The van der Waals surface area contributed by atoms with Crippen LogP contribution >= 0.6 is 0 Å². The Kier molecular flexibility index (Phi) is 1.18. The minimum absolute atomic E-state index is 0.216. The van der Waals surface area contributed by atoms with Gasteiger partial charge in [-0.2, -0.15) is 0 Å². The first-order valence-electron chi connectivity index (χ1n) is 3.08. The van der Waals surface area contributed by atoms with Crippen molar-refractivity contribution in [3.63, 3.8) is 0 Å². The maximum absolute atomic E-state index is 10.1. The van der Waals surface area contributed by atoms with Crippen LogP contribution in [0.3, 0.4) is 0 Å². The zero-order chi connectivity index (χ0) is 7.68. The number of nitrogens with zero attached hydrogens (tertiary/aromatic N) is 2. The lowest BCUT2D eigenvalue weighted by atomic mass is 10.4. The second kappa shape index (κ2) is 2.16. The Labute approximate surface area is 62.3 Å². The van der Waals surface area contributed by atoms with E-state index in [4.69, 9.17) is 0 Å². The molecule has 0 bridgehead atoms. The van der Waals surface area contributed by atoms with E-state index >= 15 is 0 Å². The van der Waals surface area contributed by atoms with E-state index in [-0.39, 0.29) is 5.82 Å². The molecule has 0 saturated heterocycles. The van der Waals surface area contributed by atoms with Gasteiger partial charge in [0.25, 0.3) is 6.29 Å². The zero-order valence-corrected chi connectivity index (χ0v) is 5.53. The Morgan fingerprint density at radius 3 is 3.18 bits per heavy atom. The minimum Gasteiger partial charge on any atom is -0.335 e. The summed E-state index contributed by atoms with van der Waals surface area (Å²) < 4.78 is 0. The summed E-state index contributed by atoms with van der Waals surface area (Å²) in [5, 5.41) is 0. The van der Waals surface area contributed by atoms with E-state index in [0.717, 1.165) is 5.52 Å². The van der Waals surface area contributed by atoms with Gasteiger partial charge < -0.3 is 4.98 Å². The van der Waals surface area contributed by atoms with E-state index < -0.39 is 0 Å². The number of hydrogen-bond acceptors (Lipinski definition) is 3. The van der Waals surface area contributed by atoms with Crippen LogP contribution in [0.5, 0.6) is 0 Å². The molecule has 11 heavy (non-hydrogen) atoms. The topological polar surface area (TPSA) is 58.6 Å². The van der Waals surface area contributed by atoms with E-state index in [1.165, 1.54) is 0 Å². The number of fused-ring (bicyclic) bond motifs is 1. The van der Waals surface area contributed by atoms with Crippen molar-refractivity contribution in [1.29, 1.82) is 0 Å².